The first kappa shape index (κ1) is 7.56. The van der Waals surface area contributed by atoms with Crippen LogP contribution in [0.2, 0.25) is 1.41 Å². The van der Waals surface area contributed by atoms with Gasteiger partial charge < -0.3 is 4.74 Å². The lowest BCUT2D eigenvalue weighted by Crippen LogP contribution is -1.96. The Bertz CT molecular complexity index is 436. The molecule has 0 aliphatic carbocycles. The van der Waals surface area contributed by atoms with Gasteiger partial charge in [0.25, 0.3) is 0 Å². The first-order chi connectivity index (χ1) is 7.29. The highest BCUT2D eigenvalue weighted by Gasteiger charge is 1.97. The zero-order valence-electron chi connectivity index (χ0n) is 8.97. The number of hydrogen-bond acceptors (Lipinski definition) is 1. The number of nitrogens with one attached hydrogen (secondary N) is 1. The van der Waals surface area contributed by atoms with Crippen LogP contribution in [0.25, 0.3) is 11.1 Å². The van der Waals surface area contributed by atoms with E-state index in [0.29, 0.717) is 0 Å². The minimum absolute atomic E-state index is 0.852. The summed E-state index contributed by atoms with van der Waals surface area (Å²) in [5, 5.41) is 0. The first-order valence-corrected chi connectivity index (χ1v) is 4.44. The van der Waals surface area contributed by atoms with Crippen molar-refractivity contribution in [1.29, 1.82) is 0 Å². The molecule has 2 aromatic rings. The van der Waals surface area contributed by atoms with Crippen LogP contribution in [0, 0.1) is 0 Å². The van der Waals surface area contributed by atoms with E-state index < -0.39 is 0 Å². The molecule has 2 nitrogen and oxygen atoms in total. The van der Waals surface area contributed by atoms with Crippen LogP contribution in [0.3, 0.4) is 0 Å². The average Bonchev–Trinajstić information content (AvgIpc) is 2.30. The van der Waals surface area contributed by atoms with Gasteiger partial charge >= 0.3 is 1.41 Å². The van der Waals surface area contributed by atoms with E-state index in [1.165, 1.54) is 4.98 Å². The summed E-state index contributed by atoms with van der Waals surface area (Å²) in [4.78, 5) is 1.27. The zero-order chi connectivity index (χ0) is 10.7. The Morgan fingerprint density at radius 1 is 1.00 bits per heavy atom. The van der Waals surface area contributed by atoms with Crippen LogP contribution < -0.4 is 9.71 Å². The van der Waals surface area contributed by atoms with Gasteiger partial charge in [0.1, 0.15) is 5.75 Å². The highest BCUT2D eigenvalue weighted by Crippen LogP contribution is 2.20. The predicted molar refractivity (Wildman–Crippen MR) is 55.0 cm³/mol. The van der Waals surface area contributed by atoms with Crippen molar-refractivity contribution < 1.29 is 11.1 Å². The lowest BCUT2D eigenvalue weighted by molar-refractivity contribution is -0.377. The Morgan fingerprint density at radius 3 is 2.14 bits per heavy atom. The standard InChI is InChI=1S/C12H11NO/c1-14-12-4-2-10(3-5-12)11-6-8-13-9-7-11/h2-9H,1H3/p+1/i/hD. The third kappa shape index (κ3) is 1.74. The fourth-order valence-corrected chi connectivity index (χ4v) is 1.33. The highest BCUT2D eigenvalue weighted by atomic mass is 16.5. The van der Waals surface area contributed by atoms with Gasteiger partial charge in [-0.3, -0.25) is 0 Å². The molecule has 1 N–H and O–H groups in total. The van der Waals surface area contributed by atoms with Crippen LogP contribution >= 0.6 is 0 Å². The number of hydrogen-bond donors (Lipinski definition) is 0. The first-order valence-electron chi connectivity index (χ1n) is 4.89. The van der Waals surface area contributed by atoms with Gasteiger partial charge in [0.05, 0.1) is 7.11 Å². The van der Waals surface area contributed by atoms with Crippen molar-refractivity contribution in [2.75, 3.05) is 7.11 Å². The quantitative estimate of drug-likeness (QED) is 0.706. The molecule has 0 atom stereocenters. The molecule has 2 heteroatoms. The molecule has 1 heterocycles. The molecule has 0 aliphatic rings. The summed E-state index contributed by atoms with van der Waals surface area (Å²) in [5.74, 6) is 0.852. The second kappa shape index (κ2) is 3.92. The minimum Gasteiger partial charge on any atom is -0.497 e. The molecule has 1 aromatic carbocycles. The molecule has 0 saturated carbocycles. The maximum absolute atomic E-state index is 7.31. The third-order valence-electron chi connectivity index (χ3n) is 2.10. The van der Waals surface area contributed by atoms with Crippen molar-refractivity contribution in [1.82, 2.24) is 0 Å². The summed E-state index contributed by atoms with van der Waals surface area (Å²) in [5.41, 5.74) is 2.22. The molecule has 0 fully saturated rings. The van der Waals surface area contributed by atoms with Gasteiger partial charge in [0.2, 0.25) is 0 Å². The molecule has 2 rings (SSSR count). The fraction of sp³-hybridized carbons (Fsp3) is 0.0833. The SMILES string of the molecule is [2H][n+]1ccc(-c2ccc(OC)cc2)cc1. The van der Waals surface area contributed by atoms with Gasteiger partial charge in [0.15, 0.2) is 12.4 Å². The van der Waals surface area contributed by atoms with Gasteiger partial charge in [-0.1, -0.05) is 12.1 Å². The molecule has 70 valence electrons. The van der Waals surface area contributed by atoms with Crippen LogP contribution in [0.15, 0.2) is 48.8 Å². The van der Waals surface area contributed by atoms with E-state index in [9.17, 15) is 0 Å². The molecule has 0 aliphatic heterocycles. The number of pyridine rings is 1. The van der Waals surface area contributed by atoms with Crippen molar-refractivity contribution in [3.05, 3.63) is 48.8 Å². The Labute approximate surface area is 84.6 Å². The fourth-order valence-electron chi connectivity index (χ4n) is 1.33. The second-order valence-corrected chi connectivity index (χ2v) is 2.96. The van der Waals surface area contributed by atoms with Crippen molar-refractivity contribution in [2.24, 2.45) is 0 Å². The van der Waals surface area contributed by atoms with E-state index >= 15 is 0 Å². The smallest absolute Gasteiger partial charge is 0.453 e. The maximum atomic E-state index is 7.31. The van der Waals surface area contributed by atoms with Crippen LogP contribution in [-0.2, 0) is 0 Å². The number of aromatic nitrogens is 1. The number of aromatic amines is 1. The lowest BCUT2D eigenvalue weighted by Gasteiger charge is -2.01. The van der Waals surface area contributed by atoms with Gasteiger partial charge in [0, 0.05) is 12.1 Å². The molecule has 0 saturated heterocycles. The lowest BCUT2D eigenvalue weighted by atomic mass is 10.1. The molecular weight excluding hydrogens is 174 g/mol. The summed E-state index contributed by atoms with van der Waals surface area (Å²) in [7, 11) is 1.65. The van der Waals surface area contributed by atoms with Crippen LogP contribution in [0.1, 0.15) is 0 Å². The van der Waals surface area contributed by atoms with Crippen molar-refractivity contribution in [2.45, 2.75) is 0 Å². The van der Waals surface area contributed by atoms with Gasteiger partial charge in [-0.2, -0.15) is 0 Å². The van der Waals surface area contributed by atoms with E-state index in [1.54, 1.807) is 19.5 Å². The number of H-pyrrole nitrogens is 1. The van der Waals surface area contributed by atoms with Crippen molar-refractivity contribution in [3.63, 3.8) is 0 Å². The summed E-state index contributed by atoms with van der Waals surface area (Å²) < 4.78 is 12.4. The Morgan fingerprint density at radius 2 is 1.57 bits per heavy atom. The van der Waals surface area contributed by atoms with Gasteiger partial charge in [-0.05, 0) is 23.3 Å². The van der Waals surface area contributed by atoms with Crippen molar-refractivity contribution in [3.8, 4) is 16.9 Å². The molecule has 0 unspecified atom stereocenters. The summed E-state index contributed by atoms with van der Waals surface area (Å²) in [6.07, 6.45) is 3.42. The molecule has 0 spiro atoms. The summed E-state index contributed by atoms with van der Waals surface area (Å²) in [6.45, 7) is 0. The number of methoxy groups -OCH3 is 1. The second-order valence-electron chi connectivity index (χ2n) is 2.96. The van der Waals surface area contributed by atoms with Crippen LogP contribution in [0.5, 0.6) is 5.75 Å². The largest absolute Gasteiger partial charge is 0.497 e. The third-order valence-corrected chi connectivity index (χ3v) is 2.10. The van der Waals surface area contributed by atoms with E-state index in [4.69, 9.17) is 6.15 Å². The topological polar surface area (TPSA) is 23.4 Å². The minimum atomic E-state index is 0.852. The number of rotatable bonds is 2. The molecular formula is C12H12NO+. The summed E-state index contributed by atoms with van der Waals surface area (Å²) >= 11 is 0. The van der Waals surface area contributed by atoms with E-state index in [-0.39, 0.29) is 0 Å². The van der Waals surface area contributed by atoms with E-state index in [2.05, 4.69) is 0 Å². The monoisotopic (exact) mass is 187 g/mol. The van der Waals surface area contributed by atoms with Crippen molar-refractivity contribution >= 4 is 0 Å². The maximum Gasteiger partial charge on any atom is 0.453 e. The average molecular weight is 187 g/mol. The molecule has 0 amide bonds. The molecule has 0 bridgehead atoms. The molecule has 14 heavy (non-hydrogen) atoms. The summed E-state index contributed by atoms with van der Waals surface area (Å²) in [6, 6.07) is 11.7. The van der Waals surface area contributed by atoms with E-state index in [0.717, 1.165) is 16.9 Å². The highest BCUT2D eigenvalue weighted by molar-refractivity contribution is 5.63. The predicted octanol–water partition coefficient (Wildman–Crippen LogP) is 2.18. The number of ether oxygens (including phenoxy) is 1. The normalized spacial score (nSPS) is 10.8. The Balaban J connectivity index is 2.33. The van der Waals surface area contributed by atoms with Gasteiger partial charge in [-0.15, -0.1) is 0 Å². The van der Waals surface area contributed by atoms with Crippen LogP contribution in [-0.4, -0.2) is 7.11 Å². The Hall–Kier alpha value is -1.83. The van der Waals surface area contributed by atoms with Crippen LogP contribution in [0.4, 0.5) is 0 Å². The molecule has 1 aromatic heterocycles. The zero-order valence-corrected chi connectivity index (χ0v) is 7.97. The number of benzene rings is 1. The van der Waals surface area contributed by atoms with Gasteiger partial charge in [-0.25, -0.2) is 4.98 Å². The molecule has 0 radical (unpaired) electrons. The Kier molecular flexibility index (Phi) is 2.12. The van der Waals surface area contributed by atoms with E-state index in [1.807, 2.05) is 36.4 Å².